The largest absolute Gasteiger partial charge is 0.497 e. The zero-order valence-corrected chi connectivity index (χ0v) is 11.6. The van der Waals surface area contributed by atoms with Crippen LogP contribution in [-0.2, 0) is 0 Å². The van der Waals surface area contributed by atoms with Crippen molar-refractivity contribution in [1.29, 1.82) is 0 Å². The Bertz CT molecular complexity index is 363. The molecular formula is C15H24N2O. The molecule has 2 unspecified atom stereocenters. The van der Waals surface area contributed by atoms with Crippen LogP contribution in [0.4, 0.5) is 5.69 Å². The maximum atomic E-state index is 5.21. The van der Waals surface area contributed by atoms with Crippen LogP contribution in [0.2, 0.25) is 0 Å². The number of nitrogens with zero attached hydrogens (tertiary/aromatic N) is 1. The van der Waals surface area contributed by atoms with Gasteiger partial charge in [0.25, 0.3) is 0 Å². The van der Waals surface area contributed by atoms with E-state index < -0.39 is 0 Å². The molecule has 100 valence electrons. The van der Waals surface area contributed by atoms with Crippen molar-refractivity contribution in [2.75, 3.05) is 31.6 Å². The van der Waals surface area contributed by atoms with E-state index in [1.165, 1.54) is 12.1 Å². The van der Waals surface area contributed by atoms with Crippen LogP contribution in [0, 0.1) is 5.92 Å². The number of nitrogens with one attached hydrogen (secondary N) is 1. The summed E-state index contributed by atoms with van der Waals surface area (Å²) in [5.41, 5.74) is 1.30. The number of ether oxygens (including phenoxy) is 1. The van der Waals surface area contributed by atoms with Crippen LogP contribution in [0.5, 0.6) is 5.75 Å². The molecule has 0 amide bonds. The minimum absolute atomic E-state index is 0.605. The molecule has 2 rings (SSSR count). The Labute approximate surface area is 110 Å². The average molecular weight is 248 g/mol. The van der Waals surface area contributed by atoms with E-state index in [0.717, 1.165) is 25.4 Å². The lowest BCUT2D eigenvalue weighted by Gasteiger charge is -2.32. The van der Waals surface area contributed by atoms with Crippen LogP contribution in [0.25, 0.3) is 0 Å². The van der Waals surface area contributed by atoms with E-state index in [-0.39, 0.29) is 0 Å². The molecule has 2 atom stereocenters. The molecule has 1 N–H and O–H groups in total. The van der Waals surface area contributed by atoms with Crippen molar-refractivity contribution in [3.8, 4) is 5.75 Å². The van der Waals surface area contributed by atoms with Gasteiger partial charge >= 0.3 is 0 Å². The van der Waals surface area contributed by atoms with Gasteiger partial charge in [0, 0.05) is 24.8 Å². The van der Waals surface area contributed by atoms with Crippen molar-refractivity contribution < 1.29 is 4.74 Å². The Morgan fingerprint density at radius 2 is 1.94 bits per heavy atom. The molecule has 0 spiro atoms. The van der Waals surface area contributed by atoms with Crippen LogP contribution < -0.4 is 15.0 Å². The fraction of sp³-hybridized carbons (Fsp3) is 0.600. The summed E-state index contributed by atoms with van der Waals surface area (Å²) in [6.07, 6.45) is 1.19. The molecule has 1 aromatic rings. The first kappa shape index (κ1) is 13.2. The summed E-state index contributed by atoms with van der Waals surface area (Å²) in [7, 11) is 1.71. The van der Waals surface area contributed by atoms with Gasteiger partial charge in [-0.25, -0.2) is 0 Å². The Morgan fingerprint density at radius 3 is 2.61 bits per heavy atom. The summed E-state index contributed by atoms with van der Waals surface area (Å²) >= 11 is 0. The molecule has 0 saturated carbocycles. The molecule has 0 aliphatic carbocycles. The average Bonchev–Trinajstić information content (AvgIpc) is 2.39. The van der Waals surface area contributed by atoms with E-state index in [9.17, 15) is 0 Å². The molecule has 18 heavy (non-hydrogen) atoms. The van der Waals surface area contributed by atoms with Crippen molar-refractivity contribution in [3.05, 3.63) is 24.3 Å². The molecule has 0 bridgehead atoms. The first-order valence-corrected chi connectivity index (χ1v) is 6.81. The van der Waals surface area contributed by atoms with Gasteiger partial charge in [-0.3, -0.25) is 0 Å². The first-order valence-electron chi connectivity index (χ1n) is 6.81. The zero-order chi connectivity index (χ0) is 13.0. The summed E-state index contributed by atoms with van der Waals surface area (Å²) in [5.74, 6) is 1.60. The van der Waals surface area contributed by atoms with Gasteiger partial charge in [0.2, 0.25) is 0 Å². The standard InChI is InChI=1S/C15H24N2O/c1-12-10-16-13(2)8-9-17(11-12)14-4-6-15(18-3)7-5-14/h4-7,12-13,16H,8-11H2,1-3H3. The zero-order valence-electron chi connectivity index (χ0n) is 11.6. The highest BCUT2D eigenvalue weighted by molar-refractivity contribution is 5.49. The minimum Gasteiger partial charge on any atom is -0.497 e. The van der Waals surface area contributed by atoms with E-state index in [4.69, 9.17) is 4.74 Å². The van der Waals surface area contributed by atoms with Crippen molar-refractivity contribution in [2.24, 2.45) is 5.92 Å². The second-order valence-electron chi connectivity index (χ2n) is 5.35. The van der Waals surface area contributed by atoms with E-state index in [1.807, 2.05) is 12.1 Å². The number of hydrogen-bond donors (Lipinski definition) is 1. The Morgan fingerprint density at radius 1 is 1.22 bits per heavy atom. The predicted octanol–water partition coefficient (Wildman–Crippen LogP) is 2.52. The highest BCUT2D eigenvalue weighted by Crippen LogP contribution is 2.21. The molecule has 1 saturated heterocycles. The summed E-state index contributed by atoms with van der Waals surface area (Å²) in [6, 6.07) is 9.01. The van der Waals surface area contributed by atoms with Gasteiger partial charge < -0.3 is 15.0 Å². The maximum Gasteiger partial charge on any atom is 0.119 e. The van der Waals surface area contributed by atoms with E-state index in [2.05, 4.69) is 36.2 Å². The number of benzene rings is 1. The Balaban J connectivity index is 2.08. The molecule has 1 aromatic carbocycles. The second-order valence-corrected chi connectivity index (χ2v) is 5.35. The van der Waals surface area contributed by atoms with Crippen LogP contribution in [-0.4, -0.2) is 32.8 Å². The molecule has 1 fully saturated rings. The van der Waals surface area contributed by atoms with Crippen molar-refractivity contribution in [3.63, 3.8) is 0 Å². The minimum atomic E-state index is 0.605. The van der Waals surface area contributed by atoms with Gasteiger partial charge in [-0.15, -0.1) is 0 Å². The fourth-order valence-electron chi connectivity index (χ4n) is 2.41. The Hall–Kier alpha value is -1.22. The molecule has 3 heteroatoms. The fourth-order valence-corrected chi connectivity index (χ4v) is 2.41. The maximum absolute atomic E-state index is 5.21. The number of methoxy groups -OCH3 is 1. The van der Waals surface area contributed by atoms with E-state index >= 15 is 0 Å². The summed E-state index contributed by atoms with van der Waals surface area (Å²) in [4.78, 5) is 2.49. The van der Waals surface area contributed by atoms with Gasteiger partial charge in [0.15, 0.2) is 0 Å². The summed E-state index contributed by atoms with van der Waals surface area (Å²) in [5, 5.41) is 3.58. The normalized spacial score (nSPS) is 25.4. The summed E-state index contributed by atoms with van der Waals surface area (Å²) in [6.45, 7) is 7.91. The van der Waals surface area contributed by atoms with Gasteiger partial charge in [-0.1, -0.05) is 6.92 Å². The first-order chi connectivity index (χ1) is 8.69. The van der Waals surface area contributed by atoms with Crippen molar-refractivity contribution >= 4 is 5.69 Å². The number of anilines is 1. The molecule has 1 heterocycles. The molecule has 1 aliphatic rings. The van der Waals surface area contributed by atoms with Gasteiger partial charge in [-0.05, 0) is 50.1 Å². The highest BCUT2D eigenvalue weighted by atomic mass is 16.5. The summed E-state index contributed by atoms with van der Waals surface area (Å²) < 4.78 is 5.21. The van der Waals surface area contributed by atoms with Crippen molar-refractivity contribution in [1.82, 2.24) is 5.32 Å². The van der Waals surface area contributed by atoms with Gasteiger partial charge in [0.05, 0.1) is 7.11 Å². The molecular weight excluding hydrogens is 224 g/mol. The van der Waals surface area contributed by atoms with Gasteiger partial charge in [0.1, 0.15) is 5.75 Å². The topological polar surface area (TPSA) is 24.5 Å². The molecule has 0 radical (unpaired) electrons. The number of hydrogen-bond acceptors (Lipinski definition) is 3. The predicted molar refractivity (Wildman–Crippen MR) is 76.5 cm³/mol. The smallest absolute Gasteiger partial charge is 0.119 e. The van der Waals surface area contributed by atoms with Crippen LogP contribution in [0.1, 0.15) is 20.3 Å². The third kappa shape index (κ3) is 3.39. The molecule has 0 aromatic heterocycles. The molecule has 1 aliphatic heterocycles. The van der Waals surface area contributed by atoms with Crippen LogP contribution >= 0.6 is 0 Å². The second kappa shape index (κ2) is 6.10. The third-order valence-electron chi connectivity index (χ3n) is 3.62. The monoisotopic (exact) mass is 248 g/mol. The highest BCUT2D eigenvalue weighted by Gasteiger charge is 2.16. The quantitative estimate of drug-likeness (QED) is 0.870. The SMILES string of the molecule is COc1ccc(N2CCC(C)NCC(C)C2)cc1. The van der Waals surface area contributed by atoms with Gasteiger partial charge in [-0.2, -0.15) is 0 Å². The third-order valence-corrected chi connectivity index (χ3v) is 3.62. The lowest BCUT2D eigenvalue weighted by molar-refractivity contribution is 0.409. The Kier molecular flexibility index (Phi) is 4.48. The molecule has 3 nitrogen and oxygen atoms in total. The van der Waals surface area contributed by atoms with Crippen LogP contribution in [0.15, 0.2) is 24.3 Å². The van der Waals surface area contributed by atoms with E-state index in [1.54, 1.807) is 7.11 Å². The lowest BCUT2D eigenvalue weighted by atomic mass is 10.1. The van der Waals surface area contributed by atoms with E-state index in [0.29, 0.717) is 12.0 Å². The van der Waals surface area contributed by atoms with Crippen LogP contribution in [0.3, 0.4) is 0 Å². The number of rotatable bonds is 2. The van der Waals surface area contributed by atoms with Crippen molar-refractivity contribution in [2.45, 2.75) is 26.3 Å². The lowest BCUT2D eigenvalue weighted by Crippen LogP contribution is -2.42.